The number of aryl methyl sites for hydroxylation is 1. The first-order valence-corrected chi connectivity index (χ1v) is 10.8. The van der Waals surface area contributed by atoms with Crippen molar-refractivity contribution in [2.75, 3.05) is 44.3 Å². The highest BCUT2D eigenvalue weighted by Gasteiger charge is 2.30. The average Bonchev–Trinajstić information content (AvgIpc) is 3.16. The van der Waals surface area contributed by atoms with Crippen LogP contribution in [0, 0.1) is 5.92 Å². The van der Waals surface area contributed by atoms with E-state index >= 15 is 0 Å². The third-order valence-electron chi connectivity index (χ3n) is 6.35. The zero-order valence-electron chi connectivity index (χ0n) is 17.5. The van der Waals surface area contributed by atoms with Crippen molar-refractivity contribution < 1.29 is 9.53 Å². The number of morpholine rings is 1. The molecule has 1 aromatic heterocycles. The monoisotopic (exact) mass is 404 g/mol. The quantitative estimate of drug-likeness (QED) is 0.672. The molecule has 0 N–H and O–H groups in total. The molecular weight excluding hydrogens is 376 g/mol. The number of carbonyl (C=O) groups excluding carboxylic acids is 1. The third kappa shape index (κ3) is 3.56. The van der Waals surface area contributed by atoms with Crippen LogP contribution >= 0.6 is 0 Å². The molecule has 2 aromatic carbocycles. The number of fused-ring (bicyclic) bond motifs is 1. The molecule has 2 saturated heterocycles. The van der Waals surface area contributed by atoms with E-state index in [0.717, 1.165) is 61.4 Å². The number of benzene rings is 2. The van der Waals surface area contributed by atoms with E-state index in [0.29, 0.717) is 13.2 Å². The first-order valence-electron chi connectivity index (χ1n) is 10.8. The smallest absolute Gasteiger partial charge is 0.227 e. The first kappa shape index (κ1) is 19.1. The normalized spacial score (nSPS) is 20.0. The number of rotatable bonds is 3. The SMILES string of the molecule is Cn1c(-c2cccc(N3CCC[C@H](C(=O)N4CCOCC4)C3)c2)nc2ccccc21. The summed E-state index contributed by atoms with van der Waals surface area (Å²) < 4.78 is 7.55. The zero-order valence-corrected chi connectivity index (χ0v) is 17.5. The maximum atomic E-state index is 13.0. The molecule has 2 aliphatic rings. The number of nitrogens with zero attached hydrogens (tertiary/aromatic N) is 4. The van der Waals surface area contributed by atoms with Gasteiger partial charge >= 0.3 is 0 Å². The van der Waals surface area contributed by atoms with Crippen LogP contribution in [0.3, 0.4) is 0 Å². The molecule has 2 fully saturated rings. The van der Waals surface area contributed by atoms with Gasteiger partial charge in [-0.15, -0.1) is 0 Å². The second-order valence-electron chi connectivity index (χ2n) is 8.26. The topological polar surface area (TPSA) is 50.6 Å². The van der Waals surface area contributed by atoms with Crippen LogP contribution in [0.2, 0.25) is 0 Å². The maximum absolute atomic E-state index is 13.0. The number of imidazole rings is 1. The van der Waals surface area contributed by atoms with Gasteiger partial charge in [-0.3, -0.25) is 4.79 Å². The van der Waals surface area contributed by atoms with Crippen LogP contribution in [0.1, 0.15) is 12.8 Å². The lowest BCUT2D eigenvalue weighted by atomic mass is 9.95. The summed E-state index contributed by atoms with van der Waals surface area (Å²) in [5, 5.41) is 0. The molecule has 0 unspecified atom stereocenters. The van der Waals surface area contributed by atoms with Gasteiger partial charge in [0.05, 0.1) is 30.2 Å². The number of carbonyl (C=O) groups is 1. The molecule has 5 rings (SSSR count). The highest BCUT2D eigenvalue weighted by atomic mass is 16.5. The summed E-state index contributed by atoms with van der Waals surface area (Å²) in [7, 11) is 2.06. The molecule has 6 heteroatoms. The first-order chi connectivity index (χ1) is 14.7. The Balaban J connectivity index is 1.38. The summed E-state index contributed by atoms with van der Waals surface area (Å²) in [4.78, 5) is 22.2. The molecule has 0 spiro atoms. The van der Waals surface area contributed by atoms with E-state index in [1.54, 1.807) is 0 Å². The Morgan fingerprint density at radius 2 is 1.90 bits per heavy atom. The van der Waals surface area contributed by atoms with E-state index < -0.39 is 0 Å². The molecule has 0 aliphatic carbocycles. The van der Waals surface area contributed by atoms with Gasteiger partial charge in [-0.25, -0.2) is 4.98 Å². The maximum Gasteiger partial charge on any atom is 0.227 e. The van der Waals surface area contributed by atoms with Crippen LogP contribution in [0.25, 0.3) is 22.4 Å². The molecule has 1 atom stereocenters. The van der Waals surface area contributed by atoms with Crippen molar-refractivity contribution in [3.8, 4) is 11.4 Å². The van der Waals surface area contributed by atoms with Crippen molar-refractivity contribution in [1.29, 1.82) is 0 Å². The molecule has 156 valence electrons. The highest BCUT2D eigenvalue weighted by Crippen LogP contribution is 2.30. The molecule has 2 aliphatic heterocycles. The average molecular weight is 405 g/mol. The predicted molar refractivity (Wildman–Crippen MR) is 118 cm³/mol. The molecule has 0 bridgehead atoms. The molecule has 6 nitrogen and oxygen atoms in total. The van der Waals surface area contributed by atoms with Crippen LogP contribution in [0.15, 0.2) is 48.5 Å². The van der Waals surface area contributed by atoms with Crippen LogP contribution in [-0.2, 0) is 16.6 Å². The minimum atomic E-state index is 0.0660. The second-order valence-corrected chi connectivity index (χ2v) is 8.26. The van der Waals surface area contributed by atoms with Crippen molar-refractivity contribution in [2.24, 2.45) is 13.0 Å². The van der Waals surface area contributed by atoms with Crippen molar-refractivity contribution >= 4 is 22.6 Å². The summed E-state index contributed by atoms with van der Waals surface area (Å²) in [6.45, 7) is 4.51. The standard InChI is InChI=1S/C24H28N4O2/c1-26-22-10-3-2-9-21(22)25-23(26)18-6-4-8-20(16-18)28-11-5-7-19(17-28)24(29)27-12-14-30-15-13-27/h2-4,6,8-10,16,19H,5,7,11-15,17H2,1H3/t19-/m0/s1. The summed E-state index contributed by atoms with van der Waals surface area (Å²) in [5.41, 5.74) is 4.41. The molecule has 0 radical (unpaired) electrons. The Morgan fingerprint density at radius 3 is 2.73 bits per heavy atom. The largest absolute Gasteiger partial charge is 0.378 e. The van der Waals surface area contributed by atoms with Crippen molar-refractivity contribution in [3.63, 3.8) is 0 Å². The Kier molecular flexibility index (Phi) is 5.17. The molecule has 1 amide bonds. The van der Waals surface area contributed by atoms with Gasteiger partial charge in [0.15, 0.2) is 0 Å². The van der Waals surface area contributed by atoms with Crippen molar-refractivity contribution in [3.05, 3.63) is 48.5 Å². The number of hydrogen-bond donors (Lipinski definition) is 0. The number of piperidine rings is 1. The Bertz CT molecular complexity index is 1050. The summed E-state index contributed by atoms with van der Waals surface area (Å²) in [6.07, 6.45) is 2.01. The number of amides is 1. The fourth-order valence-corrected chi connectivity index (χ4v) is 4.70. The number of aromatic nitrogens is 2. The van der Waals surface area contributed by atoms with E-state index in [1.807, 2.05) is 17.0 Å². The Morgan fingerprint density at radius 1 is 1.07 bits per heavy atom. The van der Waals surface area contributed by atoms with Crippen LogP contribution < -0.4 is 4.90 Å². The van der Waals surface area contributed by atoms with E-state index in [1.165, 1.54) is 5.69 Å². The Hall–Kier alpha value is -2.86. The van der Waals surface area contributed by atoms with Crippen LogP contribution in [-0.4, -0.2) is 59.8 Å². The van der Waals surface area contributed by atoms with Crippen LogP contribution in [0.4, 0.5) is 5.69 Å². The fraction of sp³-hybridized carbons (Fsp3) is 0.417. The second kappa shape index (κ2) is 8.11. The van der Waals surface area contributed by atoms with Gasteiger partial charge in [-0.1, -0.05) is 24.3 Å². The fourth-order valence-electron chi connectivity index (χ4n) is 4.70. The lowest BCUT2D eigenvalue weighted by Crippen LogP contribution is -2.48. The minimum Gasteiger partial charge on any atom is -0.378 e. The van der Waals surface area contributed by atoms with Crippen molar-refractivity contribution in [1.82, 2.24) is 14.5 Å². The lowest BCUT2D eigenvalue weighted by molar-refractivity contribution is -0.139. The van der Waals surface area contributed by atoms with Gasteiger partial charge in [0, 0.05) is 44.5 Å². The minimum absolute atomic E-state index is 0.0660. The van der Waals surface area contributed by atoms with Gasteiger partial charge in [0.1, 0.15) is 5.82 Å². The van der Waals surface area contributed by atoms with Gasteiger partial charge < -0.3 is 19.1 Å². The number of anilines is 1. The van der Waals surface area contributed by atoms with Crippen LogP contribution in [0.5, 0.6) is 0 Å². The molecule has 3 heterocycles. The van der Waals surface area contributed by atoms with E-state index in [-0.39, 0.29) is 11.8 Å². The zero-order chi connectivity index (χ0) is 20.5. The van der Waals surface area contributed by atoms with E-state index in [2.05, 4.69) is 52.9 Å². The highest BCUT2D eigenvalue weighted by molar-refractivity contribution is 5.82. The van der Waals surface area contributed by atoms with E-state index in [4.69, 9.17) is 9.72 Å². The summed E-state index contributed by atoms with van der Waals surface area (Å²) in [5.74, 6) is 1.32. The lowest BCUT2D eigenvalue weighted by Gasteiger charge is -2.37. The van der Waals surface area contributed by atoms with Gasteiger partial charge in [0.25, 0.3) is 0 Å². The number of ether oxygens (including phenoxy) is 1. The number of para-hydroxylation sites is 2. The molecule has 0 saturated carbocycles. The third-order valence-corrected chi connectivity index (χ3v) is 6.35. The predicted octanol–water partition coefficient (Wildman–Crippen LogP) is 3.32. The molecule has 3 aromatic rings. The van der Waals surface area contributed by atoms with Gasteiger partial charge in [-0.2, -0.15) is 0 Å². The molecule has 30 heavy (non-hydrogen) atoms. The van der Waals surface area contributed by atoms with Gasteiger partial charge in [0.2, 0.25) is 5.91 Å². The summed E-state index contributed by atoms with van der Waals surface area (Å²) in [6, 6.07) is 16.8. The Labute approximate surface area is 177 Å². The molecular formula is C24H28N4O2. The van der Waals surface area contributed by atoms with Crippen molar-refractivity contribution in [2.45, 2.75) is 12.8 Å². The van der Waals surface area contributed by atoms with E-state index in [9.17, 15) is 4.79 Å². The van der Waals surface area contributed by atoms with Gasteiger partial charge in [-0.05, 0) is 37.1 Å². The summed E-state index contributed by atoms with van der Waals surface area (Å²) >= 11 is 0. The number of hydrogen-bond acceptors (Lipinski definition) is 4.